The van der Waals surface area contributed by atoms with Crippen LogP contribution in [0.15, 0.2) is 36.9 Å². The normalized spacial score (nSPS) is 12.1. The van der Waals surface area contributed by atoms with Gasteiger partial charge in [-0.25, -0.2) is 9.67 Å². The van der Waals surface area contributed by atoms with Gasteiger partial charge in [0, 0.05) is 12.1 Å². The summed E-state index contributed by atoms with van der Waals surface area (Å²) < 4.78 is 1.66. The molecular weight excluding hydrogens is 268 g/mol. The second-order valence-corrected chi connectivity index (χ2v) is 4.90. The SMILES string of the molecule is CCCC(O)CNC(=O)c1ccccc1Cn1cncn1. The highest BCUT2D eigenvalue weighted by Crippen LogP contribution is 2.10. The summed E-state index contributed by atoms with van der Waals surface area (Å²) in [5.74, 6) is -0.180. The maximum absolute atomic E-state index is 12.2. The molecule has 0 aliphatic heterocycles. The predicted molar refractivity (Wildman–Crippen MR) is 78.8 cm³/mol. The van der Waals surface area contributed by atoms with Crippen LogP contribution in [0.4, 0.5) is 0 Å². The summed E-state index contributed by atoms with van der Waals surface area (Å²) in [6.45, 7) is 2.75. The molecule has 0 aliphatic rings. The van der Waals surface area contributed by atoms with Crippen LogP contribution in [0.2, 0.25) is 0 Å². The van der Waals surface area contributed by atoms with Gasteiger partial charge in [-0.2, -0.15) is 5.10 Å². The average molecular weight is 288 g/mol. The van der Waals surface area contributed by atoms with Gasteiger partial charge < -0.3 is 10.4 Å². The van der Waals surface area contributed by atoms with E-state index in [-0.39, 0.29) is 12.5 Å². The Balaban J connectivity index is 2.03. The summed E-state index contributed by atoms with van der Waals surface area (Å²) in [5, 5.41) is 16.5. The van der Waals surface area contributed by atoms with Crippen molar-refractivity contribution in [1.29, 1.82) is 0 Å². The molecular formula is C15H20N4O2. The fraction of sp³-hybridized carbons (Fsp3) is 0.400. The minimum Gasteiger partial charge on any atom is -0.391 e. The van der Waals surface area contributed by atoms with Crippen molar-refractivity contribution in [2.24, 2.45) is 0 Å². The first-order chi connectivity index (χ1) is 10.2. The predicted octanol–water partition coefficient (Wildman–Crippen LogP) is 1.22. The molecule has 1 heterocycles. The third kappa shape index (κ3) is 4.39. The largest absolute Gasteiger partial charge is 0.391 e. The molecule has 1 atom stereocenters. The zero-order chi connectivity index (χ0) is 15.1. The van der Waals surface area contributed by atoms with E-state index in [0.29, 0.717) is 18.5 Å². The molecule has 1 amide bonds. The summed E-state index contributed by atoms with van der Waals surface area (Å²) >= 11 is 0. The van der Waals surface area contributed by atoms with E-state index >= 15 is 0 Å². The number of nitrogens with one attached hydrogen (secondary N) is 1. The van der Waals surface area contributed by atoms with Crippen LogP contribution in [0.5, 0.6) is 0 Å². The number of aliphatic hydroxyl groups is 1. The van der Waals surface area contributed by atoms with Gasteiger partial charge in [-0.3, -0.25) is 4.79 Å². The molecule has 112 valence electrons. The van der Waals surface area contributed by atoms with Crippen molar-refractivity contribution in [2.45, 2.75) is 32.4 Å². The van der Waals surface area contributed by atoms with Gasteiger partial charge in [0.1, 0.15) is 12.7 Å². The van der Waals surface area contributed by atoms with Crippen molar-refractivity contribution in [2.75, 3.05) is 6.54 Å². The van der Waals surface area contributed by atoms with E-state index in [1.165, 1.54) is 6.33 Å². The minimum atomic E-state index is -0.499. The molecule has 1 unspecified atom stereocenters. The number of aromatic nitrogens is 3. The summed E-state index contributed by atoms with van der Waals surface area (Å²) in [6.07, 6.45) is 4.14. The first-order valence-electron chi connectivity index (χ1n) is 7.07. The van der Waals surface area contributed by atoms with E-state index < -0.39 is 6.10 Å². The van der Waals surface area contributed by atoms with E-state index in [0.717, 1.165) is 12.0 Å². The molecule has 2 aromatic rings. The highest BCUT2D eigenvalue weighted by atomic mass is 16.3. The molecule has 6 nitrogen and oxygen atoms in total. The van der Waals surface area contributed by atoms with Crippen molar-refractivity contribution in [3.05, 3.63) is 48.0 Å². The number of carbonyl (C=O) groups is 1. The molecule has 1 aromatic carbocycles. The van der Waals surface area contributed by atoms with Gasteiger partial charge in [0.15, 0.2) is 0 Å². The van der Waals surface area contributed by atoms with Gasteiger partial charge >= 0.3 is 0 Å². The average Bonchev–Trinajstić information content (AvgIpc) is 2.99. The highest BCUT2D eigenvalue weighted by Gasteiger charge is 2.12. The maximum atomic E-state index is 12.2. The summed E-state index contributed by atoms with van der Waals surface area (Å²) in [4.78, 5) is 16.1. The standard InChI is InChI=1S/C15H20N4O2/c1-2-5-13(20)8-17-15(21)14-7-4-3-6-12(14)9-19-11-16-10-18-19/h3-4,6-7,10-11,13,20H,2,5,8-9H2,1H3,(H,17,21). The van der Waals surface area contributed by atoms with Crippen molar-refractivity contribution in [3.63, 3.8) is 0 Å². The topological polar surface area (TPSA) is 80.0 Å². The van der Waals surface area contributed by atoms with Gasteiger partial charge in [0.25, 0.3) is 5.91 Å². The van der Waals surface area contributed by atoms with Crippen molar-refractivity contribution < 1.29 is 9.90 Å². The van der Waals surface area contributed by atoms with E-state index in [1.54, 1.807) is 17.1 Å². The van der Waals surface area contributed by atoms with Crippen LogP contribution in [0.1, 0.15) is 35.7 Å². The van der Waals surface area contributed by atoms with Gasteiger partial charge in [-0.1, -0.05) is 31.5 Å². The molecule has 0 aliphatic carbocycles. The fourth-order valence-corrected chi connectivity index (χ4v) is 2.11. The third-order valence-corrected chi connectivity index (χ3v) is 3.18. The lowest BCUT2D eigenvalue weighted by Gasteiger charge is -2.13. The quantitative estimate of drug-likeness (QED) is 0.802. The molecule has 0 saturated carbocycles. The number of nitrogens with zero attached hydrogens (tertiary/aromatic N) is 3. The molecule has 6 heteroatoms. The van der Waals surface area contributed by atoms with E-state index in [9.17, 15) is 9.90 Å². The van der Waals surface area contributed by atoms with Crippen molar-refractivity contribution >= 4 is 5.91 Å². The number of rotatable bonds is 7. The van der Waals surface area contributed by atoms with Crippen molar-refractivity contribution in [3.8, 4) is 0 Å². The Labute approximate surface area is 123 Å². The Hall–Kier alpha value is -2.21. The Morgan fingerprint density at radius 2 is 2.24 bits per heavy atom. The second kappa shape index (κ2) is 7.54. The smallest absolute Gasteiger partial charge is 0.251 e. The lowest BCUT2D eigenvalue weighted by atomic mass is 10.1. The molecule has 0 spiro atoms. The Bertz CT molecular complexity index is 569. The monoisotopic (exact) mass is 288 g/mol. The lowest BCUT2D eigenvalue weighted by Crippen LogP contribution is -2.32. The van der Waals surface area contributed by atoms with Crippen LogP contribution in [0.25, 0.3) is 0 Å². The molecule has 2 N–H and O–H groups in total. The molecule has 0 radical (unpaired) electrons. The molecule has 0 saturated heterocycles. The Morgan fingerprint density at radius 3 is 2.95 bits per heavy atom. The summed E-state index contributed by atoms with van der Waals surface area (Å²) in [6, 6.07) is 7.37. The summed E-state index contributed by atoms with van der Waals surface area (Å²) in [7, 11) is 0. The van der Waals surface area contributed by atoms with Crippen LogP contribution < -0.4 is 5.32 Å². The number of benzene rings is 1. The minimum absolute atomic E-state index is 0.180. The van der Waals surface area contributed by atoms with Gasteiger partial charge in [-0.15, -0.1) is 0 Å². The Morgan fingerprint density at radius 1 is 1.43 bits per heavy atom. The van der Waals surface area contributed by atoms with Crippen LogP contribution in [-0.4, -0.2) is 38.4 Å². The van der Waals surface area contributed by atoms with E-state index in [2.05, 4.69) is 15.4 Å². The second-order valence-electron chi connectivity index (χ2n) is 4.90. The lowest BCUT2D eigenvalue weighted by molar-refractivity contribution is 0.0909. The number of aliphatic hydroxyl groups excluding tert-OH is 1. The molecule has 0 fully saturated rings. The van der Waals surface area contributed by atoms with E-state index in [1.807, 2.05) is 25.1 Å². The van der Waals surface area contributed by atoms with Crippen molar-refractivity contribution in [1.82, 2.24) is 20.1 Å². The number of carbonyl (C=O) groups excluding carboxylic acids is 1. The first kappa shape index (κ1) is 15.2. The molecule has 21 heavy (non-hydrogen) atoms. The van der Waals surface area contributed by atoms with E-state index in [4.69, 9.17) is 0 Å². The van der Waals surface area contributed by atoms with Crippen LogP contribution in [-0.2, 0) is 6.54 Å². The van der Waals surface area contributed by atoms with Gasteiger partial charge in [0.05, 0.1) is 12.6 Å². The molecule has 0 bridgehead atoms. The van der Waals surface area contributed by atoms with Crippen LogP contribution in [0, 0.1) is 0 Å². The van der Waals surface area contributed by atoms with Gasteiger partial charge in [0.2, 0.25) is 0 Å². The number of amides is 1. The van der Waals surface area contributed by atoms with Crippen LogP contribution in [0.3, 0.4) is 0 Å². The number of hydrogen-bond donors (Lipinski definition) is 2. The zero-order valence-electron chi connectivity index (χ0n) is 12.1. The third-order valence-electron chi connectivity index (χ3n) is 3.18. The Kier molecular flexibility index (Phi) is 5.45. The first-order valence-corrected chi connectivity index (χ1v) is 7.07. The van der Waals surface area contributed by atoms with Crippen LogP contribution >= 0.6 is 0 Å². The fourth-order valence-electron chi connectivity index (χ4n) is 2.11. The molecule has 1 aromatic heterocycles. The summed E-state index contributed by atoms with van der Waals surface area (Å²) in [5.41, 5.74) is 1.46. The number of hydrogen-bond acceptors (Lipinski definition) is 4. The zero-order valence-corrected chi connectivity index (χ0v) is 12.1. The molecule has 2 rings (SSSR count). The maximum Gasteiger partial charge on any atom is 0.251 e. The highest BCUT2D eigenvalue weighted by molar-refractivity contribution is 5.95. The van der Waals surface area contributed by atoms with Gasteiger partial charge in [-0.05, 0) is 18.1 Å².